The van der Waals surface area contributed by atoms with Gasteiger partial charge in [-0.05, 0) is 25.3 Å². The lowest BCUT2D eigenvalue weighted by Gasteiger charge is -2.37. The molecule has 5 nitrogen and oxygen atoms in total. The Morgan fingerprint density at radius 2 is 1.81 bits per heavy atom. The van der Waals surface area contributed by atoms with Gasteiger partial charge < -0.3 is 15.4 Å². The quantitative estimate of drug-likeness (QED) is 0.363. The van der Waals surface area contributed by atoms with Gasteiger partial charge in [0.15, 0.2) is 5.96 Å². The number of morpholine rings is 1. The number of nitrogens with one attached hydrogen (secondary N) is 2. The number of halogens is 1. The summed E-state index contributed by atoms with van der Waals surface area (Å²) in [6.45, 7) is 15.0. The van der Waals surface area contributed by atoms with Crippen LogP contribution < -0.4 is 10.6 Å². The number of hydrogen-bond donors (Lipinski definition) is 2. The molecule has 0 saturated carbocycles. The summed E-state index contributed by atoms with van der Waals surface area (Å²) in [5.41, 5.74) is 2.51. The van der Waals surface area contributed by atoms with Crippen LogP contribution in [-0.2, 0) is 11.3 Å². The first-order valence-corrected chi connectivity index (χ1v) is 9.49. The highest BCUT2D eigenvalue weighted by molar-refractivity contribution is 14.0. The zero-order valence-electron chi connectivity index (χ0n) is 16.6. The maximum Gasteiger partial charge on any atom is 0.191 e. The number of guanidine groups is 1. The van der Waals surface area contributed by atoms with Crippen molar-refractivity contribution in [2.75, 3.05) is 39.4 Å². The molecule has 148 valence electrons. The molecule has 2 rings (SSSR count). The first-order chi connectivity index (χ1) is 12.1. The predicted molar refractivity (Wildman–Crippen MR) is 120 cm³/mol. The number of aliphatic imine (C=N–C) groups is 1. The summed E-state index contributed by atoms with van der Waals surface area (Å²) in [6, 6.07) is 9.06. The van der Waals surface area contributed by atoms with E-state index in [1.54, 1.807) is 0 Å². The molecule has 0 aromatic heterocycles. The number of benzene rings is 1. The van der Waals surface area contributed by atoms with Crippen molar-refractivity contribution in [3.05, 3.63) is 35.4 Å². The van der Waals surface area contributed by atoms with Crippen molar-refractivity contribution in [2.24, 2.45) is 10.9 Å². The van der Waals surface area contributed by atoms with Crippen molar-refractivity contribution in [1.82, 2.24) is 15.5 Å². The maximum absolute atomic E-state index is 5.49. The van der Waals surface area contributed by atoms with Gasteiger partial charge in [0.1, 0.15) is 0 Å². The molecule has 0 amide bonds. The second-order valence-electron chi connectivity index (χ2n) is 7.02. The van der Waals surface area contributed by atoms with Gasteiger partial charge >= 0.3 is 0 Å². The maximum atomic E-state index is 5.49. The minimum atomic E-state index is 0. The van der Waals surface area contributed by atoms with E-state index in [2.05, 4.69) is 67.5 Å². The normalized spacial score (nSPS) is 16.9. The van der Waals surface area contributed by atoms with Crippen LogP contribution in [0, 0.1) is 12.8 Å². The van der Waals surface area contributed by atoms with Crippen molar-refractivity contribution in [2.45, 2.75) is 40.3 Å². The zero-order valence-corrected chi connectivity index (χ0v) is 19.0. The average molecular weight is 474 g/mol. The topological polar surface area (TPSA) is 48.9 Å². The molecule has 1 aromatic rings. The van der Waals surface area contributed by atoms with Crippen LogP contribution in [0.3, 0.4) is 0 Å². The van der Waals surface area contributed by atoms with E-state index >= 15 is 0 Å². The molecule has 0 aliphatic carbocycles. The summed E-state index contributed by atoms with van der Waals surface area (Å²) in [7, 11) is 0. The van der Waals surface area contributed by atoms with E-state index in [9.17, 15) is 0 Å². The Hall–Kier alpha value is -0.860. The first kappa shape index (κ1) is 23.2. The lowest BCUT2D eigenvalue weighted by Crippen LogP contribution is -2.52. The molecule has 1 saturated heterocycles. The molecule has 1 unspecified atom stereocenters. The molecule has 1 aromatic carbocycles. The van der Waals surface area contributed by atoms with Crippen LogP contribution in [-0.4, -0.2) is 56.3 Å². The Kier molecular flexibility index (Phi) is 11.2. The Morgan fingerprint density at radius 3 is 2.38 bits per heavy atom. The summed E-state index contributed by atoms with van der Waals surface area (Å²) in [5.74, 6) is 1.48. The standard InChI is InChI=1S/C20H34N4O.HI/c1-5-21-20(22-14-18-8-6-17(4)7-9-18)23-15-19(16(2)3)24-10-12-25-13-11-24;/h6-9,16,19H,5,10-15H2,1-4H3,(H2,21,22,23);1H. The summed E-state index contributed by atoms with van der Waals surface area (Å²) >= 11 is 0. The zero-order chi connectivity index (χ0) is 18.1. The first-order valence-electron chi connectivity index (χ1n) is 9.49. The molecular weight excluding hydrogens is 439 g/mol. The molecule has 1 heterocycles. The van der Waals surface area contributed by atoms with E-state index in [0.717, 1.165) is 45.4 Å². The second kappa shape index (κ2) is 12.5. The van der Waals surface area contributed by atoms with Crippen LogP contribution in [0.1, 0.15) is 31.9 Å². The van der Waals surface area contributed by atoms with Crippen LogP contribution in [0.5, 0.6) is 0 Å². The SMILES string of the molecule is CCNC(=NCc1ccc(C)cc1)NCC(C(C)C)N1CCOCC1.I. The molecule has 0 radical (unpaired) electrons. The van der Waals surface area contributed by atoms with Gasteiger partial charge in [0, 0.05) is 32.2 Å². The summed E-state index contributed by atoms with van der Waals surface area (Å²) in [4.78, 5) is 7.27. The number of hydrogen-bond acceptors (Lipinski definition) is 3. The van der Waals surface area contributed by atoms with Gasteiger partial charge in [-0.15, -0.1) is 24.0 Å². The van der Waals surface area contributed by atoms with Crippen LogP contribution >= 0.6 is 24.0 Å². The summed E-state index contributed by atoms with van der Waals surface area (Å²) < 4.78 is 5.49. The minimum absolute atomic E-state index is 0. The van der Waals surface area contributed by atoms with E-state index in [0.29, 0.717) is 18.5 Å². The molecule has 0 spiro atoms. The van der Waals surface area contributed by atoms with Gasteiger partial charge in [0.05, 0.1) is 19.8 Å². The molecule has 0 bridgehead atoms. The molecule has 2 N–H and O–H groups in total. The van der Waals surface area contributed by atoms with E-state index in [1.807, 2.05) is 0 Å². The van der Waals surface area contributed by atoms with E-state index in [4.69, 9.17) is 9.73 Å². The fourth-order valence-corrected chi connectivity index (χ4v) is 3.10. The third-order valence-corrected chi connectivity index (χ3v) is 4.65. The number of ether oxygens (including phenoxy) is 1. The van der Waals surface area contributed by atoms with E-state index < -0.39 is 0 Å². The van der Waals surface area contributed by atoms with Crippen LogP contribution in [0.15, 0.2) is 29.3 Å². The number of rotatable bonds is 7. The minimum Gasteiger partial charge on any atom is -0.379 e. The second-order valence-corrected chi connectivity index (χ2v) is 7.02. The third-order valence-electron chi connectivity index (χ3n) is 4.65. The fourth-order valence-electron chi connectivity index (χ4n) is 3.10. The van der Waals surface area contributed by atoms with Gasteiger partial charge in [-0.1, -0.05) is 43.7 Å². The Morgan fingerprint density at radius 1 is 1.15 bits per heavy atom. The Labute approximate surface area is 176 Å². The highest BCUT2D eigenvalue weighted by atomic mass is 127. The fraction of sp³-hybridized carbons (Fsp3) is 0.650. The Bertz CT molecular complexity index is 527. The number of nitrogens with zero attached hydrogens (tertiary/aromatic N) is 2. The van der Waals surface area contributed by atoms with Crippen molar-refractivity contribution < 1.29 is 4.74 Å². The average Bonchev–Trinajstić information content (AvgIpc) is 2.61. The van der Waals surface area contributed by atoms with Gasteiger partial charge in [0.25, 0.3) is 0 Å². The smallest absolute Gasteiger partial charge is 0.191 e. The molecule has 1 aliphatic rings. The van der Waals surface area contributed by atoms with Gasteiger partial charge in [0.2, 0.25) is 0 Å². The van der Waals surface area contributed by atoms with Crippen molar-refractivity contribution >= 4 is 29.9 Å². The number of aryl methyl sites for hydroxylation is 1. The van der Waals surface area contributed by atoms with Crippen LogP contribution in [0.4, 0.5) is 0 Å². The van der Waals surface area contributed by atoms with Gasteiger partial charge in [-0.2, -0.15) is 0 Å². The molecule has 6 heteroatoms. The molecular formula is C20H35IN4O. The predicted octanol–water partition coefficient (Wildman–Crippen LogP) is 3.02. The summed E-state index contributed by atoms with van der Waals surface area (Å²) in [6.07, 6.45) is 0. The highest BCUT2D eigenvalue weighted by Gasteiger charge is 2.23. The van der Waals surface area contributed by atoms with Gasteiger partial charge in [-0.25, -0.2) is 4.99 Å². The Balaban J connectivity index is 0.00000338. The molecule has 1 atom stereocenters. The molecule has 1 aliphatic heterocycles. The summed E-state index contributed by atoms with van der Waals surface area (Å²) in [5, 5.41) is 6.89. The van der Waals surface area contributed by atoms with Crippen LogP contribution in [0.25, 0.3) is 0 Å². The lowest BCUT2D eigenvalue weighted by molar-refractivity contribution is 0.00752. The highest BCUT2D eigenvalue weighted by Crippen LogP contribution is 2.12. The van der Waals surface area contributed by atoms with Gasteiger partial charge in [-0.3, -0.25) is 4.90 Å². The van der Waals surface area contributed by atoms with E-state index in [1.165, 1.54) is 11.1 Å². The van der Waals surface area contributed by atoms with Crippen molar-refractivity contribution in [1.29, 1.82) is 0 Å². The van der Waals surface area contributed by atoms with Crippen molar-refractivity contribution in [3.63, 3.8) is 0 Å². The molecule has 26 heavy (non-hydrogen) atoms. The largest absolute Gasteiger partial charge is 0.379 e. The van der Waals surface area contributed by atoms with E-state index in [-0.39, 0.29) is 24.0 Å². The van der Waals surface area contributed by atoms with Crippen LogP contribution in [0.2, 0.25) is 0 Å². The van der Waals surface area contributed by atoms with Crippen molar-refractivity contribution in [3.8, 4) is 0 Å². The third kappa shape index (κ3) is 7.80. The molecule has 1 fully saturated rings. The lowest BCUT2D eigenvalue weighted by atomic mass is 10.0. The monoisotopic (exact) mass is 474 g/mol.